The summed E-state index contributed by atoms with van der Waals surface area (Å²) in [6.07, 6.45) is 15.1. The summed E-state index contributed by atoms with van der Waals surface area (Å²) in [4.78, 5) is 134. The van der Waals surface area contributed by atoms with E-state index in [-0.39, 0.29) is 102 Å². The van der Waals surface area contributed by atoms with E-state index in [2.05, 4.69) is 149 Å². The molecule has 0 aliphatic rings. The van der Waals surface area contributed by atoms with E-state index in [4.69, 9.17) is 80.5 Å². The Bertz CT molecular complexity index is 3670. The van der Waals surface area contributed by atoms with E-state index >= 15 is 0 Å². The monoisotopic (exact) mass is 1910 g/mol. The van der Waals surface area contributed by atoms with Gasteiger partial charge in [-0.1, -0.05) is 185 Å². The topological polar surface area (TPSA) is 419 Å². The van der Waals surface area contributed by atoms with E-state index in [0.717, 1.165) is 108 Å². The molecule has 34 nitrogen and oxygen atoms in total. The number of carbonyl (C=O) groups is 12. The normalized spacial score (nSPS) is 11.0. The van der Waals surface area contributed by atoms with E-state index in [1.165, 1.54) is 0 Å². The zero-order valence-corrected chi connectivity index (χ0v) is 83.7. The van der Waals surface area contributed by atoms with Crippen LogP contribution in [-0.4, -0.2) is 244 Å². The van der Waals surface area contributed by atoms with Crippen LogP contribution in [0.4, 0.5) is 19.2 Å². The second-order valence-corrected chi connectivity index (χ2v) is 33.1. The van der Waals surface area contributed by atoms with Crippen LogP contribution in [0.5, 0.6) is 11.5 Å². The fourth-order valence-corrected chi connectivity index (χ4v) is 8.88. The third-order valence-corrected chi connectivity index (χ3v) is 15.8. The minimum atomic E-state index is -0.514. The maximum absolute atomic E-state index is 11.8. The molecular weight excluding hydrogens is 1750 g/mol. The molecule has 0 heterocycles. The van der Waals surface area contributed by atoms with Crippen molar-refractivity contribution in [3.63, 3.8) is 0 Å². The van der Waals surface area contributed by atoms with Crippen LogP contribution in [-0.2, 0) is 114 Å². The lowest BCUT2D eigenvalue weighted by molar-refractivity contribution is -0.141. The van der Waals surface area contributed by atoms with E-state index in [1.54, 1.807) is 45.0 Å². The predicted molar refractivity (Wildman–Crippen MR) is 519 cm³/mol. The molecule has 0 saturated carbocycles. The maximum Gasteiger partial charge on any atom is 0.407 e. The molecule has 0 radical (unpaired) electrons. The lowest BCUT2D eigenvalue weighted by Crippen LogP contribution is -2.30. The fourth-order valence-electron chi connectivity index (χ4n) is 8.88. The molecule has 2 rings (SSSR count). The summed E-state index contributed by atoms with van der Waals surface area (Å²) in [6.45, 7) is 65.5. The van der Waals surface area contributed by atoms with Crippen molar-refractivity contribution in [1.82, 2.24) is 21.3 Å². The highest BCUT2D eigenvalue weighted by atomic mass is 16.6. The average Bonchev–Trinajstić information content (AvgIpc) is 0.903. The number of hydrogen-bond acceptors (Lipinski definition) is 30. The van der Waals surface area contributed by atoms with Crippen molar-refractivity contribution in [2.24, 2.45) is 47.3 Å². The number of benzene rings is 2. The van der Waals surface area contributed by atoms with Crippen molar-refractivity contribution in [2.45, 2.75) is 182 Å². The van der Waals surface area contributed by atoms with Crippen LogP contribution in [0.2, 0.25) is 0 Å². The summed E-state index contributed by atoms with van der Waals surface area (Å²) in [5.41, 5.74) is 3.01. The molecule has 0 bridgehead atoms. The van der Waals surface area contributed by atoms with Crippen molar-refractivity contribution in [1.29, 1.82) is 0 Å². The maximum atomic E-state index is 11.8. The first-order valence-corrected chi connectivity index (χ1v) is 46.0. The molecule has 766 valence electrons. The minimum Gasteiger partial charge on any atom is -0.463 e. The van der Waals surface area contributed by atoms with Crippen molar-refractivity contribution in [2.75, 3.05) is 172 Å². The zero-order valence-electron chi connectivity index (χ0n) is 83.7. The van der Waals surface area contributed by atoms with Gasteiger partial charge in [0.15, 0.2) is 0 Å². The highest BCUT2D eigenvalue weighted by molar-refractivity contribution is 5.88. The largest absolute Gasteiger partial charge is 0.463 e. The smallest absolute Gasteiger partial charge is 0.407 e. The summed E-state index contributed by atoms with van der Waals surface area (Å²) in [6, 6.07) is 14.4. The van der Waals surface area contributed by atoms with Crippen LogP contribution in [0.3, 0.4) is 0 Å². The number of rotatable bonds is 66. The second kappa shape index (κ2) is 89.5. The number of esters is 8. The number of carbonyl (C=O) groups excluding carboxylic acids is 12. The standard InChI is InChI=1S/C21H28O5.C20H26O5.C16H29NO5.2C15H27NO5.C14H25NO5/c1-16(2)15-24-13-5-7-18-9-11-19(12-10-18)26-20(22)8-6-14-25-21(23)17(3)4;1-4-19(21)24-14-6-8-20(22)25-18-11-9-17(10-12-18)7-5-13-23-15-16(2)3;1-12(2)10-20-8-6-14(5)11-22-16(19)17-7-9-21-15(18)13(3)4;1-12(2)11-19-8-5-6-9-21-15(18)16-7-10-20-14(17)13(3)4;1-5-14(17)20-9-7-16-15(18)21-11-13(4)6-8-19-10-12(2)3;1-4-13(16)19-10-7-15-14(17)20-9-6-5-8-18-11-12(2)3/h5,7,9-12,16H,3,6,8,13-15H2,1-2,4H3;4-5,7,9-12,16H,1,6,8,13-15H2,2-3H3;12,14H,3,6-11H2,1-2,4-5H3,(H,17,19);12H,3,5-11H2,1-2,4H3,(H,16,18);5,12-13H,1,6-11H2,2-4H3,(H,16,18);4,12H,1,5-11H2,2-3H3,(H,15,17)/b2*7-5+;;;;. The van der Waals surface area contributed by atoms with Gasteiger partial charge in [-0.15, -0.1) is 0 Å². The highest BCUT2D eigenvalue weighted by Crippen LogP contribution is 2.17. The van der Waals surface area contributed by atoms with Gasteiger partial charge in [-0.2, -0.15) is 0 Å². The molecule has 135 heavy (non-hydrogen) atoms. The Balaban J connectivity index is -0.000000765. The molecule has 4 N–H and O–H groups in total. The number of nitrogens with one attached hydrogen (secondary N) is 4. The van der Waals surface area contributed by atoms with Crippen molar-refractivity contribution < 1.29 is 143 Å². The van der Waals surface area contributed by atoms with Crippen LogP contribution >= 0.6 is 0 Å². The number of amides is 4. The molecule has 0 fully saturated rings. The Morgan fingerprint density at radius 1 is 0.296 bits per heavy atom. The molecular formula is C101H162N4O30. The summed E-state index contributed by atoms with van der Waals surface area (Å²) in [5.74, 6) is 0.992. The van der Waals surface area contributed by atoms with Gasteiger partial charge in [0.1, 0.15) is 37.9 Å². The van der Waals surface area contributed by atoms with Crippen LogP contribution in [0.15, 0.2) is 135 Å². The van der Waals surface area contributed by atoms with Gasteiger partial charge in [-0.3, -0.25) is 9.59 Å². The number of unbranched alkanes of at least 4 members (excludes halogenated alkanes) is 2. The molecule has 2 unspecified atom stereocenters. The Labute approximate surface area is 803 Å². The lowest BCUT2D eigenvalue weighted by atomic mass is 10.1. The molecule has 34 heteroatoms. The Kier molecular flexibility index (Phi) is 86.3. The SMILES string of the molecule is C=C(C)C(=O)OCCCC(=O)Oc1ccc(/C=C/COCC(C)C)cc1.C=C(C)C(=O)OCCNC(=O)OCC(C)CCOCC(C)C.C=C(C)C(=O)OCCNC(=O)OCCCCOCC(C)C.C=CC(=O)OCCCC(=O)Oc1ccc(/C=C/COCC(C)C)cc1.C=CC(=O)OCCNC(=O)OCC(C)CCOCC(C)C.C=CC(=O)OCCNC(=O)OCCCCOCC(C)C. The van der Waals surface area contributed by atoms with E-state index in [0.29, 0.717) is 143 Å². The highest BCUT2D eigenvalue weighted by Gasteiger charge is 2.15. The molecule has 0 aliphatic heterocycles. The number of hydrogen-bond donors (Lipinski definition) is 4. The number of ether oxygens (including phenoxy) is 18. The quantitative estimate of drug-likeness (QED) is 0.0157. The molecule has 0 aliphatic carbocycles. The van der Waals surface area contributed by atoms with Gasteiger partial charge in [-0.25, -0.2) is 47.9 Å². The molecule has 0 aromatic heterocycles. The van der Waals surface area contributed by atoms with Gasteiger partial charge in [-0.05, 0) is 155 Å². The second-order valence-electron chi connectivity index (χ2n) is 33.1. The predicted octanol–water partition coefficient (Wildman–Crippen LogP) is 16.8. The van der Waals surface area contributed by atoms with Crippen molar-refractivity contribution >= 4 is 84.3 Å². The summed E-state index contributed by atoms with van der Waals surface area (Å²) < 4.78 is 92.0. The average molecular weight is 1910 g/mol. The first kappa shape index (κ1) is 130. The Morgan fingerprint density at radius 2 is 0.548 bits per heavy atom. The summed E-state index contributed by atoms with van der Waals surface area (Å²) in [5, 5.41) is 9.98. The van der Waals surface area contributed by atoms with E-state index in [9.17, 15) is 57.5 Å². The van der Waals surface area contributed by atoms with Crippen LogP contribution < -0.4 is 30.7 Å². The fraction of sp³-hybridized carbons (Fsp3) is 0.604. The first-order valence-electron chi connectivity index (χ1n) is 46.0. The van der Waals surface area contributed by atoms with Gasteiger partial charge < -0.3 is 107 Å². The van der Waals surface area contributed by atoms with Gasteiger partial charge in [0.25, 0.3) is 0 Å². The lowest BCUT2D eigenvalue weighted by Gasteiger charge is -2.13. The van der Waals surface area contributed by atoms with E-state index < -0.39 is 60.2 Å². The van der Waals surface area contributed by atoms with Crippen molar-refractivity contribution in [3.8, 4) is 11.5 Å². The van der Waals surface area contributed by atoms with Crippen LogP contribution in [0, 0.1) is 47.3 Å². The van der Waals surface area contributed by atoms with Gasteiger partial charge in [0, 0.05) is 114 Å². The molecule has 4 amide bonds. The summed E-state index contributed by atoms with van der Waals surface area (Å²) in [7, 11) is 0. The molecule has 2 aromatic carbocycles. The van der Waals surface area contributed by atoms with Crippen molar-refractivity contribution in [3.05, 3.63) is 146 Å². The Morgan fingerprint density at radius 3 is 0.844 bits per heavy atom. The molecule has 2 atom stereocenters. The third-order valence-electron chi connectivity index (χ3n) is 15.8. The van der Waals surface area contributed by atoms with E-state index in [1.807, 2.05) is 62.4 Å². The zero-order chi connectivity index (χ0) is 102. The Hall–Kier alpha value is -11.0. The van der Waals surface area contributed by atoms with Gasteiger partial charge in [0.05, 0.1) is 79.0 Å². The number of alkyl carbamates (subject to hydrolysis) is 4. The summed E-state index contributed by atoms with van der Waals surface area (Å²) >= 11 is 0. The van der Waals surface area contributed by atoms with Gasteiger partial charge >= 0.3 is 72.1 Å². The van der Waals surface area contributed by atoms with Crippen LogP contribution in [0.25, 0.3) is 12.2 Å². The molecule has 0 saturated heterocycles. The molecule has 2 aromatic rings. The van der Waals surface area contributed by atoms with Gasteiger partial charge in [0.2, 0.25) is 0 Å². The molecule has 0 spiro atoms. The minimum absolute atomic E-state index is 0.0958. The third kappa shape index (κ3) is 95.9. The first-order chi connectivity index (χ1) is 64.2. The van der Waals surface area contributed by atoms with Crippen LogP contribution in [0.1, 0.15) is 193 Å².